The second-order valence-electron chi connectivity index (χ2n) is 5.12. The maximum atomic E-state index is 11.1. The van der Waals surface area contributed by atoms with Gasteiger partial charge in [-0.25, -0.2) is 11.3 Å². The maximum Gasteiger partial charge on any atom is 0.452 e. The topological polar surface area (TPSA) is 110 Å². The Hall–Kier alpha value is -2.78. The van der Waals surface area contributed by atoms with Crippen LogP contribution in [0.15, 0.2) is 52.0 Å². The monoisotopic (exact) mass is 329 g/mol. The molecule has 8 nitrogen and oxygen atoms in total. The number of thiol groups is 1. The fraction of sp³-hybridized carbons (Fsp3) is 0.0714. The lowest BCUT2D eigenvalue weighted by Crippen LogP contribution is -2.58. The van der Waals surface area contributed by atoms with Crippen LogP contribution in [0.4, 0.5) is 0 Å². The Bertz CT molecular complexity index is 985. The van der Waals surface area contributed by atoms with Gasteiger partial charge in [0.15, 0.2) is 5.76 Å². The van der Waals surface area contributed by atoms with E-state index in [2.05, 4.69) is 23.2 Å². The zero-order chi connectivity index (χ0) is 16.2. The molecule has 3 N–H and O–H groups in total. The van der Waals surface area contributed by atoms with Gasteiger partial charge in [0, 0.05) is 5.39 Å². The molecule has 3 aromatic rings. The number of nitro groups is 1. The van der Waals surface area contributed by atoms with Crippen LogP contribution < -0.4 is 11.3 Å². The average molecular weight is 329 g/mol. The number of hydrogen-bond acceptors (Lipinski definition) is 8. The minimum Gasteiger partial charge on any atom is -0.453 e. The zero-order valence-corrected chi connectivity index (χ0v) is 12.5. The summed E-state index contributed by atoms with van der Waals surface area (Å²) in [5.41, 5.74) is 2.95. The van der Waals surface area contributed by atoms with Crippen molar-refractivity contribution in [3.8, 4) is 0 Å². The first-order valence-corrected chi connectivity index (χ1v) is 7.14. The van der Waals surface area contributed by atoms with Crippen LogP contribution in [0.1, 0.15) is 5.76 Å². The Balaban J connectivity index is 1.85. The molecule has 1 aromatic heterocycles. The third-order valence-electron chi connectivity index (χ3n) is 3.78. The highest BCUT2D eigenvalue weighted by Gasteiger charge is 2.51. The summed E-state index contributed by atoms with van der Waals surface area (Å²) < 4.78 is 5.75. The molecule has 2 heterocycles. The number of fused-ring (bicyclic) bond motifs is 3. The Morgan fingerprint density at radius 1 is 1.30 bits per heavy atom. The Morgan fingerprint density at radius 3 is 2.83 bits per heavy atom. The van der Waals surface area contributed by atoms with Gasteiger partial charge in [-0.2, -0.15) is 5.01 Å². The van der Waals surface area contributed by atoms with E-state index in [1.165, 1.54) is 0 Å². The molecule has 1 atom stereocenters. The number of rotatable bonds is 2. The molecular formula is C14H11N5O3S. The number of hydrazone groups is 1. The summed E-state index contributed by atoms with van der Waals surface area (Å²) >= 11 is 3.94. The Labute approximate surface area is 135 Å². The van der Waals surface area contributed by atoms with Crippen molar-refractivity contribution in [1.29, 1.82) is 0 Å². The number of nitrogens with zero attached hydrogens (tertiary/aromatic N) is 3. The number of hydrogen-bond donors (Lipinski definition) is 3. The van der Waals surface area contributed by atoms with Gasteiger partial charge < -0.3 is 4.42 Å². The molecule has 9 heteroatoms. The summed E-state index contributed by atoms with van der Waals surface area (Å²) in [6, 6.07) is 13.4. The van der Waals surface area contributed by atoms with Crippen LogP contribution in [0.3, 0.4) is 0 Å². The quantitative estimate of drug-likeness (QED) is 0.218. The van der Waals surface area contributed by atoms with Gasteiger partial charge in [-0.15, -0.1) is 5.10 Å². The van der Waals surface area contributed by atoms with Gasteiger partial charge in [-0.05, 0) is 35.5 Å². The van der Waals surface area contributed by atoms with Crippen LogP contribution in [0.2, 0.25) is 0 Å². The van der Waals surface area contributed by atoms with E-state index in [-0.39, 0.29) is 5.84 Å². The summed E-state index contributed by atoms with van der Waals surface area (Å²) in [4.78, 5) is 10.4. The molecular weight excluding hydrogens is 318 g/mol. The molecule has 0 fully saturated rings. The van der Waals surface area contributed by atoms with E-state index >= 15 is 0 Å². The molecule has 0 amide bonds. The van der Waals surface area contributed by atoms with Gasteiger partial charge in [0.1, 0.15) is 5.58 Å². The zero-order valence-electron chi connectivity index (χ0n) is 11.6. The maximum absolute atomic E-state index is 11.1. The molecule has 0 aliphatic carbocycles. The smallest absolute Gasteiger partial charge is 0.452 e. The largest absolute Gasteiger partial charge is 0.453 e. The first-order valence-electron chi connectivity index (χ1n) is 6.69. The van der Waals surface area contributed by atoms with Crippen LogP contribution in [-0.4, -0.2) is 20.9 Å². The van der Waals surface area contributed by atoms with E-state index < -0.39 is 10.0 Å². The molecule has 0 spiro atoms. The van der Waals surface area contributed by atoms with Gasteiger partial charge >= 0.3 is 5.12 Å². The lowest BCUT2D eigenvalue weighted by molar-refractivity contribution is -0.567. The van der Waals surface area contributed by atoms with Gasteiger partial charge in [-0.3, -0.25) is 10.1 Å². The van der Waals surface area contributed by atoms with Crippen LogP contribution in [-0.2, 0) is 0 Å². The molecule has 2 aromatic carbocycles. The molecule has 4 rings (SSSR count). The van der Waals surface area contributed by atoms with E-state index in [0.29, 0.717) is 11.3 Å². The van der Waals surface area contributed by atoms with Gasteiger partial charge in [-0.1, -0.05) is 30.3 Å². The molecule has 0 radical (unpaired) electrons. The average Bonchev–Trinajstić information content (AvgIpc) is 3.10. The van der Waals surface area contributed by atoms with Crippen LogP contribution in [0, 0.1) is 10.1 Å². The van der Waals surface area contributed by atoms with Crippen LogP contribution >= 0.6 is 12.6 Å². The number of nitrogens with one attached hydrogen (secondary N) is 1. The lowest BCUT2D eigenvalue weighted by Gasteiger charge is -2.21. The first kappa shape index (κ1) is 13.9. The van der Waals surface area contributed by atoms with Crippen LogP contribution in [0.5, 0.6) is 0 Å². The van der Waals surface area contributed by atoms with Crippen molar-refractivity contribution < 1.29 is 9.34 Å². The predicted molar refractivity (Wildman–Crippen MR) is 88.1 cm³/mol. The normalized spacial score (nSPS) is 20.8. The third kappa shape index (κ3) is 1.87. The van der Waals surface area contributed by atoms with E-state index in [4.69, 9.17) is 10.3 Å². The van der Waals surface area contributed by atoms with E-state index in [1.54, 1.807) is 6.07 Å². The summed E-state index contributed by atoms with van der Waals surface area (Å²) in [7, 11) is 0. The van der Waals surface area contributed by atoms with Crippen molar-refractivity contribution in [2.24, 2.45) is 10.9 Å². The molecule has 0 saturated carbocycles. The second-order valence-corrected chi connectivity index (χ2v) is 5.74. The summed E-state index contributed by atoms with van der Waals surface area (Å²) in [5, 5.41) is 16.8. The first-order chi connectivity index (χ1) is 11.0. The Kier molecular flexibility index (Phi) is 2.77. The molecule has 1 aliphatic heterocycles. The second kappa shape index (κ2) is 4.61. The van der Waals surface area contributed by atoms with Crippen molar-refractivity contribution in [2.75, 3.05) is 0 Å². The fourth-order valence-electron chi connectivity index (χ4n) is 2.59. The van der Waals surface area contributed by atoms with Gasteiger partial charge in [0.2, 0.25) is 5.84 Å². The summed E-state index contributed by atoms with van der Waals surface area (Å²) in [5.74, 6) is 6.22. The molecule has 23 heavy (non-hydrogen) atoms. The highest BCUT2D eigenvalue weighted by Crippen LogP contribution is 2.30. The fourth-order valence-corrected chi connectivity index (χ4v) is 2.73. The third-order valence-corrected chi connectivity index (χ3v) is 4.26. The van der Waals surface area contributed by atoms with Gasteiger partial charge in [0.05, 0.1) is 4.92 Å². The summed E-state index contributed by atoms with van der Waals surface area (Å²) in [6.07, 6.45) is 0. The predicted octanol–water partition coefficient (Wildman–Crippen LogP) is 1.84. The number of furan rings is 1. The molecule has 1 aliphatic rings. The number of benzene rings is 2. The van der Waals surface area contributed by atoms with Gasteiger partial charge in [0.25, 0.3) is 0 Å². The number of hydrazine groups is 1. The highest BCUT2D eigenvalue weighted by molar-refractivity contribution is 7.81. The minimum absolute atomic E-state index is 0.108. The van der Waals surface area contributed by atoms with Crippen molar-refractivity contribution in [1.82, 2.24) is 10.4 Å². The van der Waals surface area contributed by atoms with E-state index in [9.17, 15) is 10.1 Å². The highest BCUT2D eigenvalue weighted by atomic mass is 32.1. The minimum atomic E-state index is -2.00. The standard InChI is InChI=1S/C14H11N5O3S/c15-18-13(16-17-14(18,23)19(20)21)12-7-10-9-4-2-1-3-8(9)5-6-11(10)22-12/h1-7,17,23H,15H2. The number of nitrogens with two attached hydrogens (primary N) is 1. The van der Waals surface area contributed by atoms with Crippen molar-refractivity contribution in [3.63, 3.8) is 0 Å². The summed E-state index contributed by atoms with van der Waals surface area (Å²) in [6.45, 7) is 0. The SMILES string of the molecule is NN1C(c2cc3c(ccc4ccccc43)o2)=NNC1(S)[N+](=O)[O-]. The number of amidine groups is 1. The van der Waals surface area contributed by atoms with Crippen molar-refractivity contribution in [3.05, 3.63) is 58.3 Å². The molecule has 116 valence electrons. The molecule has 1 unspecified atom stereocenters. The molecule has 0 bridgehead atoms. The Morgan fingerprint density at radius 2 is 2.09 bits per heavy atom. The van der Waals surface area contributed by atoms with Crippen molar-refractivity contribution in [2.45, 2.75) is 5.12 Å². The van der Waals surface area contributed by atoms with E-state index in [0.717, 1.165) is 21.2 Å². The molecule has 0 saturated heterocycles. The van der Waals surface area contributed by atoms with Crippen molar-refractivity contribution >= 4 is 40.2 Å². The van der Waals surface area contributed by atoms with E-state index in [1.807, 2.05) is 36.4 Å². The van der Waals surface area contributed by atoms with Crippen LogP contribution in [0.25, 0.3) is 21.7 Å². The lowest BCUT2D eigenvalue weighted by atomic mass is 10.1.